The molecule has 0 heterocycles. The lowest BCUT2D eigenvalue weighted by atomic mass is 10.1. The number of ether oxygens (including phenoxy) is 1. The molecule has 0 aliphatic rings. The Balaban J connectivity index is 3.44. The molecule has 0 aromatic rings. The van der Waals surface area contributed by atoms with Gasteiger partial charge in [0.15, 0.2) is 0 Å². The molecule has 15 heavy (non-hydrogen) atoms. The molecule has 0 radical (unpaired) electrons. The van der Waals surface area contributed by atoms with Crippen LogP contribution in [0.25, 0.3) is 0 Å². The van der Waals surface area contributed by atoms with Gasteiger partial charge in [-0.25, -0.2) is 0 Å². The number of hydrogen-bond donors (Lipinski definition) is 0. The first-order valence-corrected chi connectivity index (χ1v) is 6.16. The summed E-state index contributed by atoms with van der Waals surface area (Å²) >= 11 is 0. The van der Waals surface area contributed by atoms with Crippen LogP contribution in [0.5, 0.6) is 0 Å². The van der Waals surface area contributed by atoms with Crippen molar-refractivity contribution in [2.45, 2.75) is 53.4 Å². The van der Waals surface area contributed by atoms with E-state index in [4.69, 9.17) is 4.74 Å². The Morgan fingerprint density at radius 2 is 1.27 bits per heavy atom. The standard InChI is InChI=1S/C14H26O/c1-5-13(3)9-7-11-15-12-8-10-14(4)6-2/h7-8,11-14H,5-6,9-10H2,1-4H3. The van der Waals surface area contributed by atoms with Gasteiger partial charge in [-0.2, -0.15) is 0 Å². The third-order valence-electron chi connectivity index (χ3n) is 2.82. The molecule has 1 heteroatoms. The van der Waals surface area contributed by atoms with Gasteiger partial charge in [-0.15, -0.1) is 0 Å². The van der Waals surface area contributed by atoms with Crippen molar-refractivity contribution in [3.63, 3.8) is 0 Å². The zero-order valence-electron chi connectivity index (χ0n) is 10.7. The van der Waals surface area contributed by atoms with E-state index in [1.54, 1.807) is 12.5 Å². The van der Waals surface area contributed by atoms with Crippen LogP contribution in [-0.2, 0) is 4.74 Å². The first kappa shape index (κ1) is 14.3. The van der Waals surface area contributed by atoms with Gasteiger partial charge in [0.2, 0.25) is 0 Å². The molecule has 2 atom stereocenters. The Hall–Kier alpha value is -0.720. The maximum atomic E-state index is 5.26. The zero-order valence-corrected chi connectivity index (χ0v) is 10.7. The van der Waals surface area contributed by atoms with E-state index in [9.17, 15) is 0 Å². The molecule has 0 fully saturated rings. The maximum Gasteiger partial charge on any atom is 0.0861 e. The lowest BCUT2D eigenvalue weighted by Gasteiger charge is -2.02. The van der Waals surface area contributed by atoms with Crippen LogP contribution in [-0.4, -0.2) is 0 Å². The van der Waals surface area contributed by atoms with Gasteiger partial charge in [0.1, 0.15) is 0 Å². The third kappa shape index (κ3) is 9.58. The van der Waals surface area contributed by atoms with Crippen LogP contribution in [0.3, 0.4) is 0 Å². The Morgan fingerprint density at radius 3 is 1.60 bits per heavy atom. The van der Waals surface area contributed by atoms with Gasteiger partial charge in [-0.3, -0.25) is 0 Å². The second kappa shape index (κ2) is 9.82. The molecule has 1 nitrogen and oxygen atoms in total. The molecule has 0 amide bonds. The van der Waals surface area contributed by atoms with E-state index in [-0.39, 0.29) is 0 Å². The monoisotopic (exact) mass is 210 g/mol. The highest BCUT2D eigenvalue weighted by atomic mass is 16.5. The smallest absolute Gasteiger partial charge is 0.0861 e. The summed E-state index contributed by atoms with van der Waals surface area (Å²) in [5, 5.41) is 0. The summed E-state index contributed by atoms with van der Waals surface area (Å²) in [6.07, 6.45) is 12.5. The second-order valence-corrected chi connectivity index (χ2v) is 4.38. The summed E-state index contributed by atoms with van der Waals surface area (Å²) in [6.45, 7) is 8.93. The second-order valence-electron chi connectivity index (χ2n) is 4.38. The molecule has 88 valence electrons. The van der Waals surface area contributed by atoms with E-state index in [1.165, 1.54) is 12.8 Å². The maximum absolute atomic E-state index is 5.26. The summed E-state index contributed by atoms with van der Waals surface area (Å²) < 4.78 is 5.26. The summed E-state index contributed by atoms with van der Waals surface area (Å²) in [5.41, 5.74) is 0. The van der Waals surface area contributed by atoms with Gasteiger partial charge in [0.05, 0.1) is 12.5 Å². The highest BCUT2D eigenvalue weighted by Crippen LogP contribution is 2.08. The Morgan fingerprint density at radius 1 is 0.867 bits per heavy atom. The first-order valence-electron chi connectivity index (χ1n) is 6.16. The highest BCUT2D eigenvalue weighted by Gasteiger charge is 1.93. The molecule has 0 spiro atoms. The number of allylic oxidation sites excluding steroid dienone is 2. The van der Waals surface area contributed by atoms with Crippen molar-refractivity contribution in [1.82, 2.24) is 0 Å². The predicted octanol–water partition coefficient (Wildman–Crippen LogP) is 4.90. The van der Waals surface area contributed by atoms with Gasteiger partial charge in [-0.1, -0.05) is 40.5 Å². The molecule has 0 aliphatic carbocycles. The van der Waals surface area contributed by atoms with Crippen LogP contribution in [0, 0.1) is 11.8 Å². The van der Waals surface area contributed by atoms with Crippen molar-refractivity contribution < 1.29 is 4.74 Å². The Labute approximate surface area is 95.2 Å². The molecule has 2 unspecified atom stereocenters. The van der Waals surface area contributed by atoms with E-state index < -0.39 is 0 Å². The van der Waals surface area contributed by atoms with Crippen molar-refractivity contribution in [1.29, 1.82) is 0 Å². The molecule has 0 aromatic heterocycles. The Kier molecular flexibility index (Phi) is 9.35. The third-order valence-corrected chi connectivity index (χ3v) is 2.82. The highest BCUT2D eigenvalue weighted by molar-refractivity contribution is 4.81. The predicted molar refractivity (Wildman–Crippen MR) is 67.5 cm³/mol. The number of rotatable bonds is 8. The van der Waals surface area contributed by atoms with Crippen LogP contribution in [0.4, 0.5) is 0 Å². The molecule has 0 N–H and O–H groups in total. The molecule has 0 rings (SSSR count). The number of hydrogen-bond acceptors (Lipinski definition) is 1. The van der Waals surface area contributed by atoms with Crippen molar-refractivity contribution in [2.75, 3.05) is 0 Å². The quantitative estimate of drug-likeness (QED) is 0.518. The van der Waals surface area contributed by atoms with Crippen LogP contribution in [0.2, 0.25) is 0 Å². The van der Waals surface area contributed by atoms with E-state index in [1.807, 2.05) is 0 Å². The summed E-state index contributed by atoms with van der Waals surface area (Å²) in [4.78, 5) is 0. The van der Waals surface area contributed by atoms with Gasteiger partial charge >= 0.3 is 0 Å². The SMILES string of the molecule is CCC(C)CC=COC=CCC(C)CC. The van der Waals surface area contributed by atoms with Crippen molar-refractivity contribution in [3.05, 3.63) is 24.7 Å². The summed E-state index contributed by atoms with van der Waals surface area (Å²) in [6, 6.07) is 0. The molecule has 0 saturated heterocycles. The van der Waals surface area contributed by atoms with Gasteiger partial charge in [0.25, 0.3) is 0 Å². The fourth-order valence-corrected chi connectivity index (χ4v) is 1.07. The minimum absolute atomic E-state index is 0.758. The Bertz CT molecular complexity index is 162. The lowest BCUT2D eigenvalue weighted by Crippen LogP contribution is -1.88. The van der Waals surface area contributed by atoms with Crippen molar-refractivity contribution in [2.24, 2.45) is 11.8 Å². The van der Waals surface area contributed by atoms with Crippen LogP contribution in [0.15, 0.2) is 24.7 Å². The summed E-state index contributed by atoms with van der Waals surface area (Å²) in [5.74, 6) is 1.52. The molecule has 0 aliphatic heterocycles. The van der Waals surface area contributed by atoms with Crippen molar-refractivity contribution >= 4 is 0 Å². The van der Waals surface area contributed by atoms with Crippen LogP contribution < -0.4 is 0 Å². The fourth-order valence-electron chi connectivity index (χ4n) is 1.07. The summed E-state index contributed by atoms with van der Waals surface area (Å²) in [7, 11) is 0. The minimum atomic E-state index is 0.758. The minimum Gasteiger partial charge on any atom is -0.473 e. The lowest BCUT2D eigenvalue weighted by molar-refractivity contribution is 0.393. The molecule has 0 bridgehead atoms. The molecular weight excluding hydrogens is 184 g/mol. The van der Waals surface area contributed by atoms with Crippen LogP contribution in [0.1, 0.15) is 53.4 Å². The van der Waals surface area contributed by atoms with Crippen LogP contribution >= 0.6 is 0 Å². The van der Waals surface area contributed by atoms with E-state index in [0.717, 1.165) is 24.7 Å². The largest absolute Gasteiger partial charge is 0.473 e. The van der Waals surface area contributed by atoms with E-state index >= 15 is 0 Å². The zero-order chi connectivity index (χ0) is 11.5. The fraction of sp³-hybridized carbons (Fsp3) is 0.714. The normalized spacial score (nSPS) is 16.0. The van der Waals surface area contributed by atoms with Gasteiger partial charge in [-0.05, 0) is 36.8 Å². The molecule has 0 aromatic carbocycles. The van der Waals surface area contributed by atoms with E-state index in [2.05, 4.69) is 39.8 Å². The van der Waals surface area contributed by atoms with E-state index in [0.29, 0.717) is 0 Å². The van der Waals surface area contributed by atoms with Gasteiger partial charge < -0.3 is 4.74 Å². The topological polar surface area (TPSA) is 9.23 Å². The van der Waals surface area contributed by atoms with Crippen molar-refractivity contribution in [3.8, 4) is 0 Å². The average molecular weight is 210 g/mol. The average Bonchev–Trinajstić information content (AvgIpc) is 2.26. The first-order chi connectivity index (χ1) is 7.20. The molecule has 0 saturated carbocycles. The molecular formula is C14H26O. The van der Waals surface area contributed by atoms with Gasteiger partial charge in [0, 0.05) is 0 Å².